The predicted octanol–water partition coefficient (Wildman–Crippen LogP) is 6.25. The van der Waals surface area contributed by atoms with E-state index in [0.717, 1.165) is 39.8 Å². The van der Waals surface area contributed by atoms with E-state index in [4.69, 9.17) is 10.8 Å². The second kappa shape index (κ2) is 11.0. The SMILES string of the molecule is C/C=C(/NC(=O)Nc1cccc2ccccc12)N(/N=C(\C)C(C)(C)C)c1cccc(CCN)c1. The number of rotatable bonds is 7. The van der Waals surface area contributed by atoms with Crippen LogP contribution in [0, 0.1) is 5.41 Å². The lowest BCUT2D eigenvalue weighted by Crippen LogP contribution is -2.36. The Bertz CT molecular complexity index is 1200. The fraction of sp³-hybridized carbons (Fsp3) is 0.286. The summed E-state index contributed by atoms with van der Waals surface area (Å²) in [4.78, 5) is 13.1. The van der Waals surface area contributed by atoms with Gasteiger partial charge >= 0.3 is 6.03 Å². The van der Waals surface area contributed by atoms with Gasteiger partial charge in [-0.1, -0.05) is 69.3 Å². The van der Waals surface area contributed by atoms with Crippen LogP contribution in [0.5, 0.6) is 0 Å². The van der Waals surface area contributed by atoms with E-state index in [9.17, 15) is 4.79 Å². The molecular weight excluding hydrogens is 422 g/mol. The molecule has 0 heterocycles. The van der Waals surface area contributed by atoms with Crippen LogP contribution in [0.4, 0.5) is 16.2 Å². The van der Waals surface area contributed by atoms with E-state index in [1.165, 1.54) is 0 Å². The highest BCUT2D eigenvalue weighted by molar-refractivity contribution is 6.02. The summed E-state index contributed by atoms with van der Waals surface area (Å²) < 4.78 is 0. The lowest BCUT2D eigenvalue weighted by molar-refractivity contribution is 0.254. The number of carbonyl (C=O) groups excluding carboxylic acids is 1. The first kappa shape index (κ1) is 25.0. The highest BCUT2D eigenvalue weighted by Crippen LogP contribution is 2.25. The Morgan fingerprint density at radius 2 is 1.76 bits per heavy atom. The van der Waals surface area contributed by atoms with Gasteiger partial charge in [0.2, 0.25) is 0 Å². The average molecular weight is 458 g/mol. The normalized spacial score (nSPS) is 12.5. The average Bonchev–Trinajstić information content (AvgIpc) is 2.81. The zero-order chi connectivity index (χ0) is 24.7. The van der Waals surface area contributed by atoms with Crippen LogP contribution in [0.1, 0.15) is 40.2 Å². The van der Waals surface area contributed by atoms with Gasteiger partial charge in [0.15, 0.2) is 0 Å². The molecule has 0 aliphatic heterocycles. The number of amides is 2. The minimum Gasteiger partial charge on any atom is -0.330 e. The summed E-state index contributed by atoms with van der Waals surface area (Å²) >= 11 is 0. The number of nitrogens with one attached hydrogen (secondary N) is 2. The zero-order valence-corrected chi connectivity index (χ0v) is 20.7. The van der Waals surface area contributed by atoms with Crippen molar-refractivity contribution >= 4 is 33.9 Å². The summed E-state index contributed by atoms with van der Waals surface area (Å²) in [5.74, 6) is 0.561. The summed E-state index contributed by atoms with van der Waals surface area (Å²) in [5.41, 5.74) is 9.30. The van der Waals surface area contributed by atoms with Crippen molar-refractivity contribution in [1.29, 1.82) is 0 Å². The molecule has 6 nitrogen and oxygen atoms in total. The van der Waals surface area contributed by atoms with Gasteiger partial charge < -0.3 is 11.1 Å². The number of fused-ring (bicyclic) bond motifs is 1. The number of hydrazone groups is 1. The van der Waals surface area contributed by atoms with Gasteiger partial charge in [0, 0.05) is 16.5 Å². The topological polar surface area (TPSA) is 82.8 Å². The van der Waals surface area contributed by atoms with Crippen molar-refractivity contribution in [3.8, 4) is 0 Å². The van der Waals surface area contributed by atoms with E-state index in [1.807, 2.05) is 80.6 Å². The van der Waals surface area contributed by atoms with E-state index in [0.29, 0.717) is 12.4 Å². The third kappa shape index (κ3) is 6.23. The van der Waals surface area contributed by atoms with Crippen LogP contribution in [0.25, 0.3) is 10.8 Å². The number of anilines is 2. The van der Waals surface area contributed by atoms with E-state index >= 15 is 0 Å². The highest BCUT2D eigenvalue weighted by Gasteiger charge is 2.20. The molecule has 178 valence electrons. The molecule has 0 radical (unpaired) electrons. The quantitative estimate of drug-likeness (QED) is 0.289. The Morgan fingerprint density at radius 1 is 1.06 bits per heavy atom. The Kier molecular flexibility index (Phi) is 8.08. The van der Waals surface area contributed by atoms with Crippen molar-refractivity contribution in [2.75, 3.05) is 16.9 Å². The molecule has 4 N–H and O–H groups in total. The Balaban J connectivity index is 1.92. The van der Waals surface area contributed by atoms with Gasteiger partial charge in [-0.3, -0.25) is 5.32 Å². The van der Waals surface area contributed by atoms with Crippen molar-refractivity contribution < 1.29 is 4.79 Å². The third-order valence-electron chi connectivity index (χ3n) is 5.70. The summed E-state index contributed by atoms with van der Waals surface area (Å²) in [7, 11) is 0. The molecule has 3 aromatic rings. The van der Waals surface area contributed by atoms with Gasteiger partial charge in [0.25, 0.3) is 0 Å². The molecule has 3 rings (SSSR count). The molecule has 0 saturated heterocycles. The standard InChI is InChI=1S/C28H35N5O/c1-6-26(31-27(34)30-25-16-10-13-22-12-7-8-15-24(22)25)33(32-20(2)28(3,4)5)23-14-9-11-21(19-23)17-18-29/h6-16,19H,17-18,29H2,1-5H3,(H2,30,31,34)/b26-6-,32-20+. The van der Waals surface area contributed by atoms with Crippen molar-refractivity contribution in [1.82, 2.24) is 5.32 Å². The largest absolute Gasteiger partial charge is 0.330 e. The van der Waals surface area contributed by atoms with E-state index in [1.54, 1.807) is 5.01 Å². The first-order valence-electron chi connectivity index (χ1n) is 11.6. The van der Waals surface area contributed by atoms with Crippen molar-refractivity contribution in [3.63, 3.8) is 0 Å². The van der Waals surface area contributed by atoms with Gasteiger partial charge in [0.1, 0.15) is 5.82 Å². The van der Waals surface area contributed by atoms with Crippen molar-refractivity contribution in [3.05, 3.63) is 84.2 Å². The lowest BCUT2D eigenvalue weighted by atomic mass is 9.91. The van der Waals surface area contributed by atoms with Crippen LogP contribution in [0.3, 0.4) is 0 Å². The van der Waals surface area contributed by atoms with Gasteiger partial charge in [-0.2, -0.15) is 5.10 Å². The lowest BCUT2D eigenvalue weighted by Gasteiger charge is -2.27. The number of nitrogens with two attached hydrogens (primary N) is 1. The Labute approximate surface area is 202 Å². The number of urea groups is 1. The number of carbonyl (C=O) groups is 1. The number of allylic oxidation sites excluding steroid dienone is 1. The first-order valence-corrected chi connectivity index (χ1v) is 11.6. The smallest absolute Gasteiger partial charge is 0.324 e. The summed E-state index contributed by atoms with van der Waals surface area (Å²) in [5, 5.41) is 14.7. The second-order valence-corrected chi connectivity index (χ2v) is 9.24. The summed E-state index contributed by atoms with van der Waals surface area (Å²) in [6, 6.07) is 21.5. The molecule has 0 aliphatic rings. The molecule has 0 spiro atoms. The minimum atomic E-state index is -0.337. The second-order valence-electron chi connectivity index (χ2n) is 9.24. The molecule has 0 saturated carbocycles. The molecular formula is C28H35N5O. The number of hydrogen-bond acceptors (Lipinski definition) is 4. The summed E-state index contributed by atoms with van der Waals surface area (Å²) in [6.45, 7) is 10.8. The van der Waals surface area contributed by atoms with E-state index < -0.39 is 0 Å². The molecule has 0 atom stereocenters. The van der Waals surface area contributed by atoms with Crippen LogP contribution in [0.15, 0.2) is 83.7 Å². The number of nitrogens with zero attached hydrogens (tertiary/aromatic N) is 2. The highest BCUT2D eigenvalue weighted by atomic mass is 16.2. The monoisotopic (exact) mass is 457 g/mol. The van der Waals surface area contributed by atoms with Crippen LogP contribution in [-0.4, -0.2) is 18.3 Å². The van der Waals surface area contributed by atoms with Crippen molar-refractivity contribution in [2.24, 2.45) is 16.3 Å². The molecule has 0 unspecified atom stereocenters. The Hall–Kier alpha value is -3.64. The Morgan fingerprint density at radius 3 is 2.47 bits per heavy atom. The molecule has 0 aromatic heterocycles. The van der Waals surface area contributed by atoms with Crippen LogP contribution in [0.2, 0.25) is 0 Å². The summed E-state index contributed by atoms with van der Waals surface area (Å²) in [6.07, 6.45) is 2.61. The van der Waals surface area contributed by atoms with E-state index in [2.05, 4.69) is 37.5 Å². The third-order valence-corrected chi connectivity index (χ3v) is 5.70. The van der Waals surface area contributed by atoms with Gasteiger partial charge in [0.05, 0.1) is 11.4 Å². The first-order chi connectivity index (χ1) is 16.2. The van der Waals surface area contributed by atoms with Gasteiger partial charge in [-0.25, -0.2) is 9.80 Å². The van der Waals surface area contributed by atoms with Crippen LogP contribution in [-0.2, 0) is 6.42 Å². The maximum atomic E-state index is 13.1. The van der Waals surface area contributed by atoms with Crippen LogP contribution >= 0.6 is 0 Å². The van der Waals surface area contributed by atoms with Gasteiger partial charge in [-0.05, 0) is 62.0 Å². The van der Waals surface area contributed by atoms with Crippen LogP contribution < -0.4 is 21.4 Å². The molecule has 34 heavy (non-hydrogen) atoms. The number of hydrogen-bond donors (Lipinski definition) is 3. The fourth-order valence-corrected chi connectivity index (χ4v) is 3.41. The number of benzene rings is 3. The predicted molar refractivity (Wildman–Crippen MR) is 144 cm³/mol. The molecule has 3 aromatic carbocycles. The molecule has 0 aliphatic carbocycles. The minimum absolute atomic E-state index is 0.128. The van der Waals surface area contributed by atoms with Crippen molar-refractivity contribution in [2.45, 2.75) is 41.0 Å². The molecule has 2 amide bonds. The van der Waals surface area contributed by atoms with Gasteiger partial charge in [-0.15, -0.1) is 0 Å². The fourth-order valence-electron chi connectivity index (χ4n) is 3.41. The molecule has 0 bridgehead atoms. The molecule has 6 heteroatoms. The zero-order valence-electron chi connectivity index (χ0n) is 20.7. The maximum absolute atomic E-state index is 13.1. The maximum Gasteiger partial charge on any atom is 0.324 e. The molecule has 0 fully saturated rings. The van der Waals surface area contributed by atoms with E-state index in [-0.39, 0.29) is 11.4 Å².